The number of ketones is 1. The number of likely N-dealkylation sites (tertiary alicyclic amines) is 1. The maximum atomic E-state index is 12.8. The molecule has 1 aliphatic rings. The largest absolute Gasteiger partial charge is 0.343 e. The number of amides is 1. The molecule has 166 valence electrons. The summed E-state index contributed by atoms with van der Waals surface area (Å²) in [4.78, 5) is 44.3. The van der Waals surface area contributed by atoms with Gasteiger partial charge in [0, 0.05) is 37.5 Å². The van der Waals surface area contributed by atoms with E-state index in [1.807, 2.05) is 19.1 Å². The Morgan fingerprint density at radius 3 is 2.56 bits per heavy atom. The summed E-state index contributed by atoms with van der Waals surface area (Å²) in [6, 6.07) is 10.4. The monoisotopic (exact) mass is 471 g/mol. The molecule has 1 amide bonds. The Kier molecular flexibility index (Phi) is 6.63. The molecule has 0 atom stereocenters. The van der Waals surface area contributed by atoms with Crippen LogP contribution in [-0.2, 0) is 11.3 Å². The second-order valence-corrected chi connectivity index (χ2v) is 8.93. The minimum atomic E-state index is -0.146. The number of halogens is 2. The number of nitrogens with zero attached hydrogens (tertiary/aromatic N) is 3. The van der Waals surface area contributed by atoms with Gasteiger partial charge in [0.05, 0.1) is 27.3 Å². The topological polar surface area (TPSA) is 72.3 Å². The summed E-state index contributed by atoms with van der Waals surface area (Å²) in [7, 11) is 0. The maximum Gasteiger partial charge on any atom is 0.261 e. The molecular formula is C24H23Cl2N3O3. The van der Waals surface area contributed by atoms with Gasteiger partial charge in [-0.3, -0.25) is 19.0 Å². The van der Waals surface area contributed by atoms with E-state index in [0.717, 1.165) is 5.56 Å². The number of carbonyl (C=O) groups excluding carboxylic acids is 2. The molecule has 0 radical (unpaired) electrons. The molecule has 8 heteroatoms. The van der Waals surface area contributed by atoms with E-state index < -0.39 is 0 Å². The van der Waals surface area contributed by atoms with Crippen molar-refractivity contribution in [1.82, 2.24) is 14.5 Å². The van der Waals surface area contributed by atoms with Crippen molar-refractivity contribution < 1.29 is 9.59 Å². The third-order valence-electron chi connectivity index (χ3n) is 6.04. The van der Waals surface area contributed by atoms with Crippen LogP contribution in [0.5, 0.6) is 0 Å². The van der Waals surface area contributed by atoms with E-state index in [4.69, 9.17) is 23.2 Å². The molecule has 3 aromatic rings. The van der Waals surface area contributed by atoms with Crippen molar-refractivity contribution in [3.8, 4) is 0 Å². The molecule has 1 fully saturated rings. The Morgan fingerprint density at radius 1 is 1.09 bits per heavy atom. The predicted molar refractivity (Wildman–Crippen MR) is 125 cm³/mol. The van der Waals surface area contributed by atoms with Gasteiger partial charge in [-0.15, -0.1) is 0 Å². The second-order valence-electron chi connectivity index (χ2n) is 8.11. The average Bonchev–Trinajstić information content (AvgIpc) is 2.80. The van der Waals surface area contributed by atoms with E-state index in [-0.39, 0.29) is 36.1 Å². The summed E-state index contributed by atoms with van der Waals surface area (Å²) < 4.78 is 1.49. The number of benzene rings is 2. The third-order valence-corrected chi connectivity index (χ3v) is 6.78. The van der Waals surface area contributed by atoms with Gasteiger partial charge in [0.1, 0.15) is 0 Å². The van der Waals surface area contributed by atoms with Crippen LogP contribution in [0.1, 0.15) is 35.2 Å². The van der Waals surface area contributed by atoms with Crippen molar-refractivity contribution in [3.63, 3.8) is 0 Å². The molecular weight excluding hydrogens is 449 g/mol. The fourth-order valence-electron chi connectivity index (χ4n) is 4.15. The van der Waals surface area contributed by atoms with E-state index in [9.17, 15) is 14.4 Å². The van der Waals surface area contributed by atoms with Crippen molar-refractivity contribution in [2.45, 2.75) is 32.7 Å². The lowest BCUT2D eigenvalue weighted by Gasteiger charge is -2.31. The van der Waals surface area contributed by atoms with Crippen molar-refractivity contribution in [2.75, 3.05) is 13.1 Å². The lowest BCUT2D eigenvalue weighted by molar-refractivity contribution is -0.132. The number of fused-ring (bicyclic) bond motifs is 1. The molecule has 32 heavy (non-hydrogen) atoms. The molecule has 1 aromatic heterocycles. The predicted octanol–water partition coefficient (Wildman–Crippen LogP) is 4.52. The Hall–Kier alpha value is -2.70. The first-order valence-electron chi connectivity index (χ1n) is 10.6. The lowest BCUT2D eigenvalue weighted by atomic mass is 9.89. The Labute approximate surface area is 195 Å². The summed E-state index contributed by atoms with van der Waals surface area (Å²) >= 11 is 12.0. The highest BCUT2D eigenvalue weighted by molar-refractivity contribution is 6.42. The highest BCUT2D eigenvalue weighted by Gasteiger charge is 2.28. The molecule has 4 rings (SSSR count). The molecule has 0 spiro atoms. The van der Waals surface area contributed by atoms with Crippen molar-refractivity contribution in [3.05, 3.63) is 74.3 Å². The molecule has 0 bridgehead atoms. The van der Waals surface area contributed by atoms with Crippen LogP contribution in [-0.4, -0.2) is 39.2 Å². The molecule has 6 nitrogen and oxygen atoms in total. The Bertz CT molecular complexity index is 1250. The van der Waals surface area contributed by atoms with E-state index in [1.54, 1.807) is 29.2 Å². The number of Topliss-reactive ketones (excluding diaryl/α,β-unsaturated/α-hetero) is 1. The van der Waals surface area contributed by atoms with Crippen molar-refractivity contribution >= 4 is 45.8 Å². The highest BCUT2D eigenvalue weighted by atomic mass is 35.5. The second kappa shape index (κ2) is 9.43. The van der Waals surface area contributed by atoms with Crippen molar-refractivity contribution in [1.29, 1.82) is 0 Å². The van der Waals surface area contributed by atoms with Crippen molar-refractivity contribution in [2.24, 2.45) is 5.92 Å². The van der Waals surface area contributed by atoms with Gasteiger partial charge in [-0.1, -0.05) is 35.3 Å². The lowest BCUT2D eigenvalue weighted by Crippen LogP contribution is -2.40. The minimum absolute atomic E-state index is 0.0262. The van der Waals surface area contributed by atoms with Crippen LogP contribution >= 0.6 is 23.2 Å². The van der Waals surface area contributed by atoms with Crippen LogP contribution in [0.15, 0.2) is 47.5 Å². The molecule has 2 aromatic carbocycles. The number of rotatable bonds is 5. The quantitative estimate of drug-likeness (QED) is 0.512. The van der Waals surface area contributed by atoms with E-state index in [2.05, 4.69) is 4.98 Å². The van der Waals surface area contributed by atoms with Gasteiger partial charge in [0.2, 0.25) is 5.91 Å². The zero-order chi connectivity index (χ0) is 22.8. The fourth-order valence-corrected chi connectivity index (χ4v) is 4.45. The Balaban J connectivity index is 1.34. The summed E-state index contributed by atoms with van der Waals surface area (Å²) in [6.07, 6.45) is 2.92. The molecule has 0 unspecified atom stereocenters. The van der Waals surface area contributed by atoms with Gasteiger partial charge < -0.3 is 4.90 Å². The average molecular weight is 472 g/mol. The summed E-state index contributed by atoms with van der Waals surface area (Å²) in [5.74, 6) is -0.145. The zero-order valence-electron chi connectivity index (χ0n) is 17.7. The first kappa shape index (κ1) is 22.5. The number of para-hydroxylation sites is 1. The summed E-state index contributed by atoms with van der Waals surface area (Å²) in [5, 5.41) is 1.33. The van der Waals surface area contributed by atoms with Crippen LogP contribution < -0.4 is 5.56 Å². The first-order chi connectivity index (χ1) is 15.3. The van der Waals surface area contributed by atoms with Crippen LogP contribution in [0.4, 0.5) is 0 Å². The number of carbonyl (C=O) groups is 2. The molecule has 0 aliphatic carbocycles. The van der Waals surface area contributed by atoms with E-state index in [1.165, 1.54) is 10.9 Å². The normalized spacial score (nSPS) is 14.7. The number of hydrogen-bond donors (Lipinski definition) is 0. The zero-order valence-corrected chi connectivity index (χ0v) is 19.2. The van der Waals surface area contributed by atoms with Gasteiger partial charge in [0.15, 0.2) is 5.78 Å². The summed E-state index contributed by atoms with van der Waals surface area (Å²) in [5.41, 5.74) is 2.04. The van der Waals surface area contributed by atoms with Gasteiger partial charge >= 0.3 is 0 Å². The molecule has 0 N–H and O–H groups in total. The van der Waals surface area contributed by atoms with Crippen LogP contribution in [0.25, 0.3) is 10.9 Å². The first-order valence-corrected chi connectivity index (χ1v) is 11.3. The van der Waals surface area contributed by atoms with Gasteiger partial charge in [-0.05, 0) is 49.6 Å². The standard InChI is InChI=1S/C24H23Cl2N3O3/c1-15-3-2-4-18-22(15)27-14-29(24(18)32)12-9-21(30)28-10-7-16(8-11-28)23(31)17-5-6-19(25)20(26)13-17/h2-6,13-14,16H,7-12H2,1H3. The Morgan fingerprint density at radius 2 is 1.84 bits per heavy atom. The van der Waals surface area contributed by atoms with Gasteiger partial charge in [-0.25, -0.2) is 4.98 Å². The van der Waals surface area contributed by atoms with Crippen LogP contribution in [0, 0.1) is 12.8 Å². The number of hydrogen-bond acceptors (Lipinski definition) is 4. The summed E-state index contributed by atoms with van der Waals surface area (Å²) in [6.45, 7) is 3.22. The maximum absolute atomic E-state index is 12.8. The molecule has 1 aliphatic heterocycles. The van der Waals surface area contributed by atoms with E-state index in [0.29, 0.717) is 52.4 Å². The van der Waals surface area contributed by atoms with Crippen LogP contribution in [0.3, 0.4) is 0 Å². The smallest absolute Gasteiger partial charge is 0.261 e. The molecule has 2 heterocycles. The number of piperidine rings is 1. The van der Waals surface area contributed by atoms with Gasteiger partial charge in [0.25, 0.3) is 5.56 Å². The highest BCUT2D eigenvalue weighted by Crippen LogP contribution is 2.27. The minimum Gasteiger partial charge on any atom is -0.343 e. The van der Waals surface area contributed by atoms with Gasteiger partial charge in [-0.2, -0.15) is 0 Å². The number of aryl methyl sites for hydroxylation is 2. The van der Waals surface area contributed by atoms with Crippen LogP contribution in [0.2, 0.25) is 10.0 Å². The molecule has 0 saturated carbocycles. The number of aromatic nitrogens is 2. The third kappa shape index (κ3) is 4.57. The SMILES string of the molecule is Cc1cccc2c(=O)n(CCC(=O)N3CCC(C(=O)c4ccc(Cl)c(Cl)c4)CC3)cnc12. The van der Waals surface area contributed by atoms with E-state index >= 15 is 0 Å². The molecule has 1 saturated heterocycles. The fraction of sp³-hybridized carbons (Fsp3) is 0.333.